The van der Waals surface area contributed by atoms with Crippen LogP contribution in [0.4, 0.5) is 5.69 Å². The van der Waals surface area contributed by atoms with Gasteiger partial charge in [-0.2, -0.15) is 4.90 Å². The highest BCUT2D eigenvalue weighted by Crippen LogP contribution is 2.41. The Morgan fingerprint density at radius 3 is 2.62 bits per heavy atom. The van der Waals surface area contributed by atoms with Gasteiger partial charge < -0.3 is 9.84 Å². The Bertz CT molecular complexity index is 834. The predicted molar refractivity (Wildman–Crippen MR) is 107 cm³/mol. The summed E-state index contributed by atoms with van der Waals surface area (Å²) in [5.41, 5.74) is 0.703. The summed E-state index contributed by atoms with van der Waals surface area (Å²) in [4.78, 5) is 2.10. The molecule has 2 aliphatic heterocycles. The number of rotatable bonds is 3. The highest BCUT2D eigenvalue weighted by Gasteiger charge is 2.54. The Hall–Kier alpha value is -1.85. The van der Waals surface area contributed by atoms with E-state index in [9.17, 15) is 5.11 Å². The van der Waals surface area contributed by atoms with Crippen molar-refractivity contribution in [3.05, 3.63) is 58.6 Å². The Morgan fingerprint density at radius 1 is 1.08 bits per heavy atom. The fraction of sp³-hybridized carbons (Fsp3) is 0.381. The van der Waals surface area contributed by atoms with E-state index in [4.69, 9.17) is 4.74 Å². The second-order valence-corrected chi connectivity index (χ2v) is 7.89. The number of hydrogen-bond donors (Lipinski definition) is 1. The monoisotopic (exact) mass is 415 g/mol. The van der Waals surface area contributed by atoms with Crippen molar-refractivity contribution in [1.82, 2.24) is 0 Å². The van der Waals surface area contributed by atoms with Gasteiger partial charge in [0.05, 0.1) is 13.7 Å². The van der Waals surface area contributed by atoms with E-state index in [0.717, 1.165) is 40.9 Å². The molecule has 1 unspecified atom stereocenters. The Morgan fingerprint density at radius 2 is 1.85 bits per heavy atom. The minimum absolute atomic E-state index is 0.571. The normalized spacial score (nSPS) is 23.0. The molecule has 2 heterocycles. The lowest BCUT2D eigenvalue weighted by molar-refractivity contribution is -0.534. The van der Waals surface area contributed by atoms with Gasteiger partial charge in [0.2, 0.25) is 0 Å². The molecule has 0 radical (unpaired) electrons. The van der Waals surface area contributed by atoms with Gasteiger partial charge in [0.1, 0.15) is 0 Å². The zero-order valence-corrected chi connectivity index (χ0v) is 16.6. The number of benzene rings is 2. The van der Waals surface area contributed by atoms with Crippen molar-refractivity contribution < 1.29 is 14.4 Å². The van der Waals surface area contributed by atoms with E-state index in [0.29, 0.717) is 6.54 Å². The van der Waals surface area contributed by atoms with Gasteiger partial charge in [-0.25, -0.2) is 0 Å². The zero-order valence-electron chi connectivity index (χ0n) is 15.0. The van der Waals surface area contributed by atoms with Crippen LogP contribution in [0.1, 0.15) is 31.2 Å². The molecule has 4 nitrogen and oxygen atoms in total. The fourth-order valence-corrected chi connectivity index (χ4v) is 4.38. The van der Waals surface area contributed by atoms with Gasteiger partial charge in [-0.1, -0.05) is 40.2 Å². The molecule has 0 bridgehead atoms. The Kier molecular flexibility index (Phi) is 4.76. The van der Waals surface area contributed by atoms with Crippen LogP contribution in [0.5, 0.6) is 5.75 Å². The van der Waals surface area contributed by atoms with E-state index in [1.165, 1.54) is 18.7 Å². The molecule has 4 rings (SSSR count). The van der Waals surface area contributed by atoms with Gasteiger partial charge in [0.25, 0.3) is 11.6 Å². The molecular formula is C21H24BrN2O2+. The lowest BCUT2D eigenvalue weighted by atomic mass is 10.00. The SMILES string of the molecule is COc1ccccc1N1C2=[N+](CCCCC2)CC1(O)c1ccc(Br)cc1. The van der Waals surface area contributed by atoms with Crippen LogP contribution >= 0.6 is 15.9 Å². The fourth-order valence-electron chi connectivity index (χ4n) is 4.11. The molecule has 0 spiro atoms. The molecule has 2 aliphatic rings. The number of amidine groups is 1. The lowest BCUT2D eigenvalue weighted by Gasteiger charge is -2.29. The molecule has 0 saturated carbocycles. The van der Waals surface area contributed by atoms with Crippen LogP contribution in [0.3, 0.4) is 0 Å². The second kappa shape index (κ2) is 7.05. The first kappa shape index (κ1) is 17.6. The van der Waals surface area contributed by atoms with Gasteiger partial charge in [0, 0.05) is 16.5 Å². The van der Waals surface area contributed by atoms with Crippen LogP contribution in [0.25, 0.3) is 0 Å². The van der Waals surface area contributed by atoms with Crippen molar-refractivity contribution in [2.24, 2.45) is 0 Å². The third-order valence-electron chi connectivity index (χ3n) is 5.37. The first-order valence-electron chi connectivity index (χ1n) is 9.16. The highest BCUT2D eigenvalue weighted by molar-refractivity contribution is 9.10. The van der Waals surface area contributed by atoms with Gasteiger partial charge >= 0.3 is 0 Å². The number of nitrogens with zero attached hydrogens (tertiary/aromatic N) is 2. The van der Waals surface area contributed by atoms with E-state index in [2.05, 4.69) is 25.4 Å². The molecule has 0 saturated heterocycles. The van der Waals surface area contributed by atoms with Crippen LogP contribution in [0.15, 0.2) is 53.0 Å². The molecule has 0 aliphatic carbocycles. The van der Waals surface area contributed by atoms with Crippen LogP contribution in [0, 0.1) is 0 Å². The average Bonchev–Trinajstić information content (AvgIpc) is 2.79. The average molecular weight is 416 g/mol. The van der Waals surface area contributed by atoms with Crippen molar-refractivity contribution in [2.75, 3.05) is 25.1 Å². The summed E-state index contributed by atoms with van der Waals surface area (Å²) in [5, 5.41) is 11.9. The maximum absolute atomic E-state index is 11.9. The molecule has 5 heteroatoms. The van der Waals surface area contributed by atoms with E-state index in [-0.39, 0.29) is 0 Å². The summed E-state index contributed by atoms with van der Waals surface area (Å²) in [6, 6.07) is 15.9. The molecular weight excluding hydrogens is 392 g/mol. The third-order valence-corrected chi connectivity index (χ3v) is 5.89. The van der Waals surface area contributed by atoms with Gasteiger partial charge in [-0.15, -0.1) is 0 Å². The van der Waals surface area contributed by atoms with Crippen molar-refractivity contribution in [3.63, 3.8) is 0 Å². The van der Waals surface area contributed by atoms with Crippen molar-refractivity contribution >= 4 is 27.5 Å². The number of methoxy groups -OCH3 is 1. The molecule has 136 valence electrons. The summed E-state index contributed by atoms with van der Waals surface area (Å²) in [7, 11) is 1.68. The number of halogens is 1. The largest absolute Gasteiger partial charge is 0.492 e. The molecule has 0 aromatic heterocycles. The predicted octanol–water partition coefficient (Wildman–Crippen LogP) is 4.11. The molecule has 26 heavy (non-hydrogen) atoms. The van der Waals surface area contributed by atoms with Gasteiger partial charge in [-0.3, -0.25) is 4.58 Å². The zero-order chi connectivity index (χ0) is 18.1. The van der Waals surface area contributed by atoms with Gasteiger partial charge in [0.15, 0.2) is 18.0 Å². The van der Waals surface area contributed by atoms with E-state index >= 15 is 0 Å². The number of aliphatic hydroxyl groups is 1. The number of para-hydroxylation sites is 2. The van der Waals surface area contributed by atoms with E-state index in [1.807, 2.05) is 48.5 Å². The lowest BCUT2D eigenvalue weighted by Crippen LogP contribution is -2.47. The summed E-state index contributed by atoms with van der Waals surface area (Å²) >= 11 is 3.50. The van der Waals surface area contributed by atoms with Crippen LogP contribution in [-0.2, 0) is 5.72 Å². The summed E-state index contributed by atoms with van der Waals surface area (Å²) in [6.45, 7) is 1.56. The summed E-state index contributed by atoms with van der Waals surface area (Å²) in [5.74, 6) is 1.97. The third kappa shape index (κ3) is 2.93. The topological polar surface area (TPSA) is 35.7 Å². The van der Waals surface area contributed by atoms with Crippen molar-refractivity contribution in [3.8, 4) is 5.75 Å². The minimum Gasteiger partial charge on any atom is -0.492 e. The van der Waals surface area contributed by atoms with Crippen molar-refractivity contribution in [1.29, 1.82) is 0 Å². The maximum atomic E-state index is 11.9. The molecule has 1 atom stereocenters. The van der Waals surface area contributed by atoms with Crippen LogP contribution < -0.4 is 9.64 Å². The minimum atomic E-state index is -1.11. The maximum Gasteiger partial charge on any atom is 0.275 e. The molecule has 0 amide bonds. The van der Waals surface area contributed by atoms with Crippen LogP contribution in [-0.4, -0.2) is 35.7 Å². The van der Waals surface area contributed by atoms with Crippen LogP contribution in [0.2, 0.25) is 0 Å². The van der Waals surface area contributed by atoms with Gasteiger partial charge in [-0.05, 0) is 43.5 Å². The summed E-state index contributed by atoms with van der Waals surface area (Å²) < 4.78 is 8.98. The number of anilines is 1. The van der Waals surface area contributed by atoms with E-state index < -0.39 is 5.72 Å². The second-order valence-electron chi connectivity index (χ2n) is 6.98. The number of ether oxygens (including phenoxy) is 1. The highest BCUT2D eigenvalue weighted by atomic mass is 79.9. The Labute approximate surface area is 162 Å². The quantitative estimate of drug-likeness (QED) is 0.766. The summed E-state index contributed by atoms with van der Waals surface area (Å²) in [6.07, 6.45) is 4.51. The first-order valence-corrected chi connectivity index (χ1v) is 9.95. The standard InChI is InChI=1S/C21H24BrN2O2/c1-26-19-8-5-4-7-18(19)24-20-9-3-2-6-14-23(20)15-21(24,25)16-10-12-17(22)13-11-16/h4-5,7-8,10-13,25H,2-3,6,9,14-15H2,1H3/q+1. The van der Waals surface area contributed by atoms with E-state index in [1.54, 1.807) is 7.11 Å². The smallest absolute Gasteiger partial charge is 0.275 e. The molecule has 0 fully saturated rings. The molecule has 1 N–H and O–H groups in total. The van der Waals surface area contributed by atoms with Crippen molar-refractivity contribution in [2.45, 2.75) is 31.4 Å². The Balaban J connectivity index is 1.87. The first-order chi connectivity index (χ1) is 12.6. The molecule has 2 aromatic rings. The molecule has 2 aromatic carbocycles. The number of hydrogen-bond acceptors (Lipinski definition) is 3.